The molecule has 244 valence electrons. The van der Waals surface area contributed by atoms with E-state index < -0.39 is 0 Å². The van der Waals surface area contributed by atoms with Crippen molar-refractivity contribution in [1.82, 2.24) is 10.6 Å². The zero-order valence-electron chi connectivity index (χ0n) is 28.7. The molecule has 0 amide bonds. The fourth-order valence-electron chi connectivity index (χ4n) is 8.61. The minimum Gasteiger partial charge on any atom is -0.350 e. The minimum absolute atomic E-state index is 0.0968. The molecule has 3 heteroatoms. The van der Waals surface area contributed by atoms with Crippen LogP contribution in [0.4, 0.5) is 0 Å². The average Bonchev–Trinajstić information content (AvgIpc) is 3.44. The Labute approximate surface area is 298 Å². The zero-order chi connectivity index (χ0) is 34.1. The van der Waals surface area contributed by atoms with Gasteiger partial charge in [-0.25, -0.2) is 4.99 Å². The van der Waals surface area contributed by atoms with Gasteiger partial charge >= 0.3 is 0 Å². The molecule has 2 N–H and O–H groups in total. The summed E-state index contributed by atoms with van der Waals surface area (Å²) in [6.45, 7) is 4.67. The Hall–Kier alpha value is -6.03. The monoisotopic (exact) mass is 655 g/mol. The van der Waals surface area contributed by atoms with Crippen molar-refractivity contribution in [3.05, 3.63) is 192 Å². The first kappa shape index (κ1) is 29.8. The largest absolute Gasteiger partial charge is 0.350 e. The molecule has 0 spiro atoms. The van der Waals surface area contributed by atoms with Crippen LogP contribution in [-0.4, -0.2) is 5.84 Å². The van der Waals surface area contributed by atoms with Gasteiger partial charge in [0.25, 0.3) is 0 Å². The van der Waals surface area contributed by atoms with Crippen LogP contribution in [0, 0.1) is 0 Å². The maximum atomic E-state index is 5.48. The molecule has 0 radical (unpaired) electrons. The van der Waals surface area contributed by atoms with Crippen molar-refractivity contribution in [3.63, 3.8) is 0 Å². The van der Waals surface area contributed by atoms with E-state index in [1.54, 1.807) is 0 Å². The van der Waals surface area contributed by atoms with E-state index in [1.807, 2.05) is 0 Å². The Morgan fingerprint density at radius 2 is 1.06 bits per heavy atom. The molecule has 0 bridgehead atoms. The molecule has 3 nitrogen and oxygen atoms in total. The lowest BCUT2D eigenvalue weighted by molar-refractivity contribution is 0.409. The lowest BCUT2D eigenvalue weighted by atomic mass is 9.82. The van der Waals surface area contributed by atoms with Gasteiger partial charge < -0.3 is 5.32 Å². The molecule has 0 saturated carbocycles. The van der Waals surface area contributed by atoms with Crippen molar-refractivity contribution >= 4 is 38.2 Å². The third-order valence-corrected chi connectivity index (χ3v) is 11.1. The van der Waals surface area contributed by atoms with Crippen LogP contribution in [0.3, 0.4) is 0 Å². The summed E-state index contributed by atoms with van der Waals surface area (Å²) in [6, 6.07) is 59.5. The first-order chi connectivity index (χ1) is 25.0. The summed E-state index contributed by atoms with van der Waals surface area (Å²) in [5, 5.41) is 15.5. The SMILES string of the molecule is CC1(C)c2ccccc2-c2c(C3=NC(c4cccc(-c5ccccc5)c4)NC(c4ccc5c6ccccc6c6ccccc6c5c4)N3)cccc21. The van der Waals surface area contributed by atoms with Crippen molar-refractivity contribution in [3.8, 4) is 22.3 Å². The first-order valence-electron chi connectivity index (χ1n) is 17.9. The number of fused-ring (bicyclic) bond motifs is 9. The molecule has 10 rings (SSSR count). The van der Waals surface area contributed by atoms with Gasteiger partial charge in [0, 0.05) is 11.0 Å². The van der Waals surface area contributed by atoms with E-state index >= 15 is 0 Å². The fraction of sp³-hybridized carbons (Fsp3) is 0.104. The number of nitrogens with one attached hydrogen (secondary N) is 2. The van der Waals surface area contributed by atoms with Crippen LogP contribution in [0.5, 0.6) is 0 Å². The highest BCUT2D eigenvalue weighted by Gasteiger charge is 2.38. The van der Waals surface area contributed by atoms with E-state index in [-0.39, 0.29) is 17.7 Å². The van der Waals surface area contributed by atoms with Gasteiger partial charge in [-0.15, -0.1) is 0 Å². The van der Waals surface area contributed by atoms with Gasteiger partial charge in [0.1, 0.15) is 18.2 Å². The van der Waals surface area contributed by atoms with Crippen LogP contribution < -0.4 is 10.6 Å². The predicted octanol–water partition coefficient (Wildman–Crippen LogP) is 11.5. The van der Waals surface area contributed by atoms with Gasteiger partial charge in [0.15, 0.2) is 0 Å². The quantitative estimate of drug-likeness (QED) is 0.185. The summed E-state index contributed by atoms with van der Waals surface area (Å²) in [6.07, 6.45) is -0.447. The molecular formula is C48H37N3. The van der Waals surface area contributed by atoms with Gasteiger partial charge in [-0.1, -0.05) is 166 Å². The lowest BCUT2D eigenvalue weighted by Crippen LogP contribution is -2.45. The van der Waals surface area contributed by atoms with Crippen molar-refractivity contribution < 1.29 is 0 Å². The number of benzene rings is 8. The van der Waals surface area contributed by atoms with Crippen molar-refractivity contribution in [2.45, 2.75) is 31.6 Å². The smallest absolute Gasteiger partial charge is 0.132 e. The summed E-state index contributed by atoms with van der Waals surface area (Å²) in [7, 11) is 0. The van der Waals surface area contributed by atoms with E-state index in [0.717, 1.165) is 17.0 Å². The standard InChI is InChI=1S/C48H37N3/c1-48(2)42-24-11-10-22-39(42)44-40(23-13-25-43(44)48)47-50-45(32-17-12-16-31(28-32)30-14-4-3-5-15-30)49-46(51-47)33-26-27-38-36-20-7-6-18-34(36)35-19-8-9-21-37(35)41(38)29-33/h3-29,45-46,49H,1-2H3,(H,50,51). The molecular weight excluding hydrogens is 619 g/mol. The summed E-state index contributed by atoms with van der Waals surface area (Å²) < 4.78 is 0. The van der Waals surface area contributed by atoms with Gasteiger partial charge in [-0.3, -0.25) is 5.32 Å². The number of nitrogens with zero attached hydrogens (tertiary/aromatic N) is 1. The number of hydrogen-bond donors (Lipinski definition) is 2. The molecule has 0 aromatic heterocycles. The van der Waals surface area contributed by atoms with Crippen molar-refractivity contribution in [2.75, 3.05) is 0 Å². The Bertz CT molecular complexity index is 2650. The van der Waals surface area contributed by atoms with E-state index in [0.29, 0.717) is 0 Å². The average molecular weight is 656 g/mol. The maximum Gasteiger partial charge on any atom is 0.132 e. The predicted molar refractivity (Wildman–Crippen MR) is 213 cm³/mol. The van der Waals surface area contributed by atoms with Crippen LogP contribution in [-0.2, 0) is 5.41 Å². The Morgan fingerprint density at radius 3 is 1.82 bits per heavy atom. The van der Waals surface area contributed by atoms with Crippen molar-refractivity contribution in [2.24, 2.45) is 4.99 Å². The topological polar surface area (TPSA) is 36.4 Å². The molecule has 1 aliphatic carbocycles. The second-order valence-corrected chi connectivity index (χ2v) is 14.4. The summed E-state index contributed by atoms with van der Waals surface area (Å²) in [5.41, 5.74) is 11.0. The molecule has 51 heavy (non-hydrogen) atoms. The minimum atomic E-state index is -0.264. The summed E-state index contributed by atoms with van der Waals surface area (Å²) >= 11 is 0. The molecule has 1 heterocycles. The molecule has 2 unspecified atom stereocenters. The molecule has 0 fully saturated rings. The fourth-order valence-corrected chi connectivity index (χ4v) is 8.61. The number of hydrogen-bond acceptors (Lipinski definition) is 3. The van der Waals surface area contributed by atoms with E-state index in [4.69, 9.17) is 4.99 Å². The van der Waals surface area contributed by atoms with Crippen LogP contribution in [0.15, 0.2) is 169 Å². The summed E-state index contributed by atoms with van der Waals surface area (Å²) in [5.74, 6) is 0.904. The van der Waals surface area contributed by atoms with Crippen LogP contribution in [0.25, 0.3) is 54.6 Å². The van der Waals surface area contributed by atoms with Gasteiger partial charge in [0.05, 0.1) is 0 Å². The second kappa shape index (κ2) is 11.5. The molecule has 2 aliphatic rings. The molecule has 2 atom stereocenters. The molecule has 8 aromatic rings. The third kappa shape index (κ3) is 4.73. The Kier molecular flexibility index (Phi) is 6.74. The van der Waals surface area contributed by atoms with Gasteiger partial charge in [0.2, 0.25) is 0 Å². The number of aliphatic imine (C=N–C) groups is 1. The van der Waals surface area contributed by atoms with Crippen LogP contribution in [0.2, 0.25) is 0 Å². The zero-order valence-corrected chi connectivity index (χ0v) is 28.7. The van der Waals surface area contributed by atoms with Gasteiger partial charge in [-0.05, 0) is 89.0 Å². The second-order valence-electron chi connectivity index (χ2n) is 14.4. The number of amidine groups is 1. The third-order valence-electron chi connectivity index (χ3n) is 11.1. The van der Waals surface area contributed by atoms with E-state index in [2.05, 4.69) is 188 Å². The maximum absolute atomic E-state index is 5.48. The highest BCUT2D eigenvalue weighted by Crippen LogP contribution is 2.50. The summed E-state index contributed by atoms with van der Waals surface area (Å²) in [4.78, 5) is 5.48. The normalized spacial score (nSPS) is 17.6. The van der Waals surface area contributed by atoms with Crippen LogP contribution in [0.1, 0.15) is 54.0 Å². The molecule has 8 aromatic carbocycles. The highest BCUT2D eigenvalue weighted by atomic mass is 15.3. The number of rotatable bonds is 4. The van der Waals surface area contributed by atoms with Gasteiger partial charge in [-0.2, -0.15) is 0 Å². The lowest BCUT2D eigenvalue weighted by Gasteiger charge is -2.33. The Balaban J connectivity index is 1.15. The first-order valence-corrected chi connectivity index (χ1v) is 17.9. The van der Waals surface area contributed by atoms with Crippen molar-refractivity contribution in [1.29, 1.82) is 0 Å². The molecule has 1 aliphatic heterocycles. The highest BCUT2D eigenvalue weighted by molar-refractivity contribution is 6.25. The van der Waals surface area contributed by atoms with E-state index in [9.17, 15) is 0 Å². The molecule has 0 saturated heterocycles. The van der Waals surface area contributed by atoms with E-state index in [1.165, 1.54) is 71.3 Å². The van der Waals surface area contributed by atoms with Crippen LogP contribution >= 0.6 is 0 Å². The Morgan fingerprint density at radius 1 is 0.471 bits per heavy atom.